The van der Waals surface area contributed by atoms with Gasteiger partial charge in [0.05, 0.1) is 28.0 Å². The van der Waals surface area contributed by atoms with Crippen molar-refractivity contribution in [2.45, 2.75) is 125 Å². The van der Waals surface area contributed by atoms with Crippen molar-refractivity contribution in [2.24, 2.45) is 0 Å². The van der Waals surface area contributed by atoms with E-state index in [4.69, 9.17) is 9.97 Å². The number of phenolic OH excluding ortho intramolecular Hbond substituents is 1. The largest absolute Gasteiger partial charge is 0.507 e. The molecule has 59 heavy (non-hydrogen) atoms. The van der Waals surface area contributed by atoms with Crippen LogP contribution in [-0.2, 0) is 21.7 Å². The molecule has 0 spiro atoms. The lowest BCUT2D eigenvalue weighted by molar-refractivity contribution is 0.446. The van der Waals surface area contributed by atoms with E-state index >= 15 is 0 Å². The van der Waals surface area contributed by atoms with Crippen molar-refractivity contribution in [1.29, 1.82) is 0 Å². The first-order valence-electron chi connectivity index (χ1n) is 21.2. The van der Waals surface area contributed by atoms with Crippen molar-refractivity contribution in [3.63, 3.8) is 0 Å². The second-order valence-electron chi connectivity index (χ2n) is 20.9. The highest BCUT2D eigenvalue weighted by atomic mass is 16.3. The number of fused-ring (bicyclic) bond motifs is 1. The minimum atomic E-state index is -0.311. The summed E-state index contributed by atoms with van der Waals surface area (Å²) in [6.07, 6.45) is 1.93. The summed E-state index contributed by atoms with van der Waals surface area (Å²) in [5.74, 6) is 1.37. The van der Waals surface area contributed by atoms with E-state index in [2.05, 4.69) is 211 Å². The third-order valence-corrected chi connectivity index (χ3v) is 11.8. The number of pyridine rings is 1. The fourth-order valence-corrected chi connectivity index (χ4v) is 7.94. The third kappa shape index (κ3) is 8.24. The monoisotopic (exact) mass is 781 g/mol. The number of rotatable bonds is 6. The molecule has 0 radical (unpaired) electrons. The molecule has 0 bridgehead atoms. The molecule has 0 saturated heterocycles. The van der Waals surface area contributed by atoms with Crippen molar-refractivity contribution >= 4 is 11.0 Å². The van der Waals surface area contributed by atoms with Crippen LogP contribution in [0.3, 0.4) is 0 Å². The molecule has 0 saturated carbocycles. The van der Waals surface area contributed by atoms with Gasteiger partial charge in [0, 0.05) is 28.5 Å². The zero-order valence-electron chi connectivity index (χ0n) is 37.8. The van der Waals surface area contributed by atoms with Crippen molar-refractivity contribution in [1.82, 2.24) is 14.5 Å². The van der Waals surface area contributed by atoms with Gasteiger partial charge in [0.2, 0.25) is 0 Å². The first-order valence-corrected chi connectivity index (χ1v) is 21.2. The van der Waals surface area contributed by atoms with Gasteiger partial charge in [-0.25, -0.2) is 4.98 Å². The van der Waals surface area contributed by atoms with Crippen LogP contribution in [0.15, 0.2) is 115 Å². The van der Waals surface area contributed by atoms with Gasteiger partial charge in [-0.05, 0) is 103 Å². The Hall–Kier alpha value is -5.48. The third-order valence-electron chi connectivity index (χ3n) is 11.8. The number of phenols is 1. The molecule has 0 atom stereocenters. The Kier molecular flexibility index (Phi) is 10.6. The molecule has 4 heteroatoms. The number of nitrogens with zero attached hydrogens (tertiary/aromatic N) is 3. The molecule has 0 aliphatic carbocycles. The highest BCUT2D eigenvalue weighted by Crippen LogP contribution is 2.46. The van der Waals surface area contributed by atoms with Crippen LogP contribution in [0.1, 0.15) is 131 Å². The molecule has 0 unspecified atom stereocenters. The first kappa shape index (κ1) is 41.7. The van der Waals surface area contributed by atoms with Gasteiger partial charge in [0.1, 0.15) is 11.6 Å². The number of hydrogen-bond acceptors (Lipinski definition) is 3. The molecular formula is C55H63N3O. The van der Waals surface area contributed by atoms with E-state index < -0.39 is 0 Å². The summed E-state index contributed by atoms with van der Waals surface area (Å²) in [5.41, 5.74) is 15.1. The fraction of sp³-hybridized carbons (Fsp3) is 0.345. The predicted molar refractivity (Wildman–Crippen MR) is 251 cm³/mol. The van der Waals surface area contributed by atoms with E-state index in [0.29, 0.717) is 11.7 Å². The second-order valence-corrected chi connectivity index (χ2v) is 20.9. The summed E-state index contributed by atoms with van der Waals surface area (Å²) in [5, 5.41) is 12.5. The van der Waals surface area contributed by atoms with Crippen LogP contribution < -0.4 is 0 Å². The van der Waals surface area contributed by atoms with Crippen LogP contribution in [0, 0.1) is 0 Å². The molecule has 7 aromatic rings. The Morgan fingerprint density at radius 1 is 0.525 bits per heavy atom. The Morgan fingerprint density at radius 3 is 1.80 bits per heavy atom. The molecular weight excluding hydrogens is 719 g/mol. The average molecular weight is 782 g/mol. The molecule has 0 aliphatic heterocycles. The molecule has 304 valence electrons. The quantitative estimate of drug-likeness (QED) is 0.183. The Labute approximate surface area is 353 Å². The van der Waals surface area contributed by atoms with E-state index in [9.17, 15) is 5.11 Å². The summed E-state index contributed by atoms with van der Waals surface area (Å²) in [6, 6.07) is 39.6. The van der Waals surface area contributed by atoms with Gasteiger partial charge >= 0.3 is 0 Å². The van der Waals surface area contributed by atoms with Gasteiger partial charge in [-0.1, -0.05) is 164 Å². The lowest BCUT2D eigenvalue weighted by Crippen LogP contribution is -2.17. The number of hydrogen-bond donors (Lipinski definition) is 1. The number of imidazole rings is 1. The topological polar surface area (TPSA) is 50.9 Å². The Morgan fingerprint density at radius 2 is 1.17 bits per heavy atom. The van der Waals surface area contributed by atoms with Crippen LogP contribution in [-0.4, -0.2) is 19.6 Å². The van der Waals surface area contributed by atoms with Gasteiger partial charge in [-0.3, -0.25) is 9.55 Å². The molecule has 0 amide bonds. The van der Waals surface area contributed by atoms with Crippen LogP contribution in [0.25, 0.3) is 61.6 Å². The van der Waals surface area contributed by atoms with Gasteiger partial charge < -0.3 is 5.11 Å². The molecule has 7 rings (SSSR count). The molecule has 1 N–H and O–H groups in total. The van der Waals surface area contributed by atoms with Crippen molar-refractivity contribution in [2.75, 3.05) is 0 Å². The number of aromatic nitrogens is 3. The summed E-state index contributed by atoms with van der Waals surface area (Å²) >= 11 is 0. The maximum atomic E-state index is 12.5. The molecule has 0 fully saturated rings. The zero-order chi connectivity index (χ0) is 42.8. The van der Waals surface area contributed by atoms with Gasteiger partial charge in [-0.15, -0.1) is 0 Å². The summed E-state index contributed by atoms with van der Waals surface area (Å²) in [7, 11) is 0. The van der Waals surface area contributed by atoms with Gasteiger partial charge in [0.25, 0.3) is 0 Å². The summed E-state index contributed by atoms with van der Waals surface area (Å²) < 4.78 is 2.31. The molecule has 2 heterocycles. The van der Waals surface area contributed by atoms with E-state index in [0.717, 1.165) is 66.9 Å². The van der Waals surface area contributed by atoms with E-state index in [1.165, 1.54) is 16.7 Å². The zero-order valence-corrected chi connectivity index (χ0v) is 37.8. The number of benzene rings is 5. The van der Waals surface area contributed by atoms with Crippen LogP contribution in [0.2, 0.25) is 0 Å². The Bertz CT molecular complexity index is 2670. The minimum absolute atomic E-state index is 0.107. The van der Waals surface area contributed by atoms with Gasteiger partial charge in [-0.2, -0.15) is 0 Å². The summed E-state index contributed by atoms with van der Waals surface area (Å²) in [6.45, 7) is 31.3. The average Bonchev–Trinajstić information content (AvgIpc) is 3.56. The van der Waals surface area contributed by atoms with Crippen molar-refractivity contribution in [3.8, 4) is 56.3 Å². The first-order chi connectivity index (χ1) is 27.5. The van der Waals surface area contributed by atoms with Gasteiger partial charge in [0.15, 0.2) is 0 Å². The molecule has 5 aromatic carbocycles. The number of aromatic hydroxyl groups is 1. The highest BCUT2D eigenvalue weighted by molar-refractivity contribution is 5.98. The number of para-hydroxylation sites is 1. The van der Waals surface area contributed by atoms with E-state index in [1.807, 2.05) is 6.20 Å². The van der Waals surface area contributed by atoms with Crippen LogP contribution in [0.5, 0.6) is 5.75 Å². The summed E-state index contributed by atoms with van der Waals surface area (Å²) in [4.78, 5) is 10.6. The Balaban J connectivity index is 1.64. The van der Waals surface area contributed by atoms with E-state index in [-0.39, 0.29) is 27.4 Å². The van der Waals surface area contributed by atoms with Crippen molar-refractivity contribution in [3.05, 3.63) is 143 Å². The fourth-order valence-electron chi connectivity index (χ4n) is 7.94. The van der Waals surface area contributed by atoms with E-state index in [1.54, 1.807) is 0 Å². The second kappa shape index (κ2) is 15.0. The maximum absolute atomic E-state index is 12.5. The van der Waals surface area contributed by atoms with Crippen LogP contribution in [0.4, 0.5) is 0 Å². The smallest absolute Gasteiger partial charge is 0.149 e. The molecule has 4 nitrogen and oxygen atoms in total. The SMILES string of the molecule is CC(C)c1ccnc(-c2cc(-c3cccc4c3nc(-c3cc(C(C)(C)C)cc(C(C)(C)C)c3O)n4-c3cc(C(C)(C)C)ccc3-c3ccccc3)cc(C(C)(C)C)c2)c1. The standard InChI is InChI=1S/C55H63N3O/c1-34(2)36-25-26-56-46(30-36)38-27-37(28-40(29-38)53(6,7)8)43-21-18-22-47-49(43)57-51(44-31-41(54(9,10)11)32-45(50(44)59)55(12,13)14)58(47)48-33-39(52(3,4)5)23-24-42(48)35-19-16-15-17-20-35/h15-34,59H,1-14H3. The lowest BCUT2D eigenvalue weighted by atomic mass is 9.79. The minimum Gasteiger partial charge on any atom is -0.507 e. The normalized spacial score (nSPS) is 12.8. The molecule has 0 aliphatic rings. The van der Waals surface area contributed by atoms with Crippen LogP contribution >= 0.6 is 0 Å². The molecule has 2 aromatic heterocycles. The maximum Gasteiger partial charge on any atom is 0.149 e. The lowest BCUT2D eigenvalue weighted by Gasteiger charge is -2.28. The highest BCUT2D eigenvalue weighted by Gasteiger charge is 2.30. The predicted octanol–water partition coefficient (Wildman–Crippen LogP) is 15.1. The van der Waals surface area contributed by atoms with Crippen molar-refractivity contribution < 1.29 is 5.11 Å².